The third-order valence-electron chi connectivity index (χ3n) is 5.33. The number of hydrogen-bond acceptors (Lipinski definition) is 3. The molecule has 4 atom stereocenters. The van der Waals surface area contributed by atoms with Gasteiger partial charge in [0.15, 0.2) is 5.72 Å². The van der Waals surface area contributed by atoms with Gasteiger partial charge in [0.2, 0.25) is 5.91 Å². The van der Waals surface area contributed by atoms with E-state index in [1.807, 2.05) is 24.3 Å². The molecule has 1 saturated heterocycles. The van der Waals surface area contributed by atoms with Crippen molar-refractivity contribution in [2.75, 3.05) is 0 Å². The molecule has 1 amide bonds. The van der Waals surface area contributed by atoms with Gasteiger partial charge in [0.1, 0.15) is 17.5 Å². The highest BCUT2D eigenvalue weighted by atomic mass is 16.5. The number of carbonyl (C=O) groups is 2. The first-order chi connectivity index (χ1) is 10.1. The van der Waals surface area contributed by atoms with Crippen LogP contribution in [0.2, 0.25) is 0 Å². The Bertz CT molecular complexity index is 626. The monoisotopic (exact) mass is 285 g/mol. The number of Topliss-reactive ketones (excluding diaryl/α,β-unsaturated/α-hetero) is 1. The molecule has 2 bridgehead atoms. The van der Waals surface area contributed by atoms with E-state index in [1.165, 1.54) is 6.92 Å². The van der Waals surface area contributed by atoms with E-state index in [1.54, 1.807) is 0 Å². The summed E-state index contributed by atoms with van der Waals surface area (Å²) in [7, 11) is 0. The number of para-hydroxylation sites is 1. The molecule has 0 unspecified atom stereocenters. The van der Waals surface area contributed by atoms with Crippen molar-refractivity contribution in [2.24, 2.45) is 11.8 Å². The maximum atomic E-state index is 12.5. The van der Waals surface area contributed by atoms with Crippen LogP contribution in [-0.4, -0.2) is 17.4 Å². The number of ketones is 1. The smallest absolute Gasteiger partial charge is 0.234 e. The van der Waals surface area contributed by atoms with Crippen LogP contribution in [0.3, 0.4) is 0 Å². The van der Waals surface area contributed by atoms with Gasteiger partial charge in [-0.05, 0) is 31.4 Å². The summed E-state index contributed by atoms with van der Waals surface area (Å²) < 4.78 is 6.25. The number of fused-ring (bicyclic) bond motifs is 2. The molecule has 1 N–H and O–H groups in total. The molecule has 0 radical (unpaired) electrons. The van der Waals surface area contributed by atoms with Crippen molar-refractivity contribution in [3.05, 3.63) is 29.8 Å². The minimum Gasteiger partial charge on any atom is -0.467 e. The largest absolute Gasteiger partial charge is 0.467 e. The second kappa shape index (κ2) is 4.33. The van der Waals surface area contributed by atoms with E-state index in [9.17, 15) is 9.59 Å². The summed E-state index contributed by atoms with van der Waals surface area (Å²) in [6.07, 6.45) is 4.02. The molecule has 0 spiro atoms. The van der Waals surface area contributed by atoms with E-state index in [-0.39, 0.29) is 23.5 Å². The number of rotatable bonds is 1. The molecule has 2 fully saturated rings. The summed E-state index contributed by atoms with van der Waals surface area (Å²) in [6.45, 7) is 1.53. The average Bonchev–Trinajstić information content (AvgIpc) is 2.45. The topological polar surface area (TPSA) is 55.4 Å². The van der Waals surface area contributed by atoms with E-state index >= 15 is 0 Å². The van der Waals surface area contributed by atoms with Crippen LogP contribution in [0.5, 0.6) is 5.75 Å². The van der Waals surface area contributed by atoms with E-state index in [0.29, 0.717) is 0 Å². The van der Waals surface area contributed by atoms with Crippen LogP contribution in [0.15, 0.2) is 24.3 Å². The van der Waals surface area contributed by atoms with E-state index in [2.05, 4.69) is 5.32 Å². The molecule has 1 aromatic carbocycles. The van der Waals surface area contributed by atoms with Crippen molar-refractivity contribution in [1.82, 2.24) is 5.32 Å². The standard InChI is InChI=1S/C17H19NO3/c1-10(19)14-15-11-6-2-3-8-13(11)21-17(18-16(14)20)9-5-4-7-12(15)17/h2-3,6,8,12,14-15H,4-5,7,9H2,1H3,(H,18,20)/t12-,14-,15+,17+/m1/s1. The van der Waals surface area contributed by atoms with Gasteiger partial charge in [0, 0.05) is 18.3 Å². The maximum Gasteiger partial charge on any atom is 0.234 e. The molecule has 0 aromatic heterocycles. The van der Waals surface area contributed by atoms with Crippen molar-refractivity contribution in [3.63, 3.8) is 0 Å². The normalized spacial score (nSPS) is 36.8. The Kier molecular flexibility index (Phi) is 2.65. The molecule has 4 heteroatoms. The van der Waals surface area contributed by atoms with Crippen LogP contribution in [0, 0.1) is 11.8 Å². The van der Waals surface area contributed by atoms with Gasteiger partial charge in [-0.25, -0.2) is 0 Å². The van der Waals surface area contributed by atoms with Crippen molar-refractivity contribution in [1.29, 1.82) is 0 Å². The number of piperidine rings is 1. The molecule has 4 nitrogen and oxygen atoms in total. The zero-order valence-corrected chi connectivity index (χ0v) is 12.1. The summed E-state index contributed by atoms with van der Waals surface area (Å²) in [4.78, 5) is 24.6. The lowest BCUT2D eigenvalue weighted by Gasteiger charge is -2.56. The molecular weight excluding hydrogens is 266 g/mol. The fourth-order valence-corrected chi connectivity index (χ4v) is 4.51. The van der Waals surface area contributed by atoms with Crippen molar-refractivity contribution >= 4 is 11.7 Å². The van der Waals surface area contributed by atoms with E-state index in [4.69, 9.17) is 4.74 Å². The van der Waals surface area contributed by atoms with Crippen LogP contribution >= 0.6 is 0 Å². The first kappa shape index (κ1) is 12.9. The van der Waals surface area contributed by atoms with Gasteiger partial charge < -0.3 is 10.1 Å². The summed E-state index contributed by atoms with van der Waals surface area (Å²) >= 11 is 0. The lowest BCUT2D eigenvalue weighted by atomic mass is 9.61. The minimum atomic E-state index is -0.597. The van der Waals surface area contributed by atoms with Crippen molar-refractivity contribution < 1.29 is 14.3 Å². The number of nitrogens with one attached hydrogen (secondary N) is 1. The molecule has 110 valence electrons. The first-order valence-electron chi connectivity index (χ1n) is 7.73. The number of amides is 1. The van der Waals surface area contributed by atoms with Gasteiger partial charge in [-0.2, -0.15) is 0 Å². The predicted octanol–water partition coefficient (Wildman–Crippen LogP) is 2.38. The zero-order valence-electron chi connectivity index (χ0n) is 12.1. The Morgan fingerprint density at radius 2 is 2.14 bits per heavy atom. The SMILES string of the molecule is CC(=O)[C@H]1C(=O)N[C@]23CCCC[C@@H]2[C@@H]1c1ccccc1O3. The molecular formula is C17H19NO3. The Labute approximate surface area is 123 Å². The van der Waals surface area contributed by atoms with Gasteiger partial charge in [-0.1, -0.05) is 24.6 Å². The van der Waals surface area contributed by atoms with Crippen molar-refractivity contribution in [3.8, 4) is 5.75 Å². The Balaban J connectivity index is 1.92. The molecule has 1 aromatic rings. The fraction of sp³-hybridized carbons (Fsp3) is 0.529. The van der Waals surface area contributed by atoms with Crippen LogP contribution in [-0.2, 0) is 9.59 Å². The van der Waals surface area contributed by atoms with Crippen LogP contribution in [0.4, 0.5) is 0 Å². The number of carbonyl (C=O) groups excluding carboxylic acids is 2. The minimum absolute atomic E-state index is 0.0403. The number of benzene rings is 1. The molecule has 21 heavy (non-hydrogen) atoms. The average molecular weight is 285 g/mol. The van der Waals surface area contributed by atoms with Gasteiger partial charge in [0.05, 0.1) is 0 Å². The summed E-state index contributed by atoms with van der Waals surface area (Å²) in [6, 6.07) is 7.86. The highest BCUT2D eigenvalue weighted by Gasteiger charge is 2.59. The molecule has 2 aliphatic heterocycles. The maximum absolute atomic E-state index is 12.5. The third-order valence-corrected chi connectivity index (χ3v) is 5.33. The quantitative estimate of drug-likeness (QED) is 0.806. The number of ether oxygens (including phenoxy) is 1. The highest BCUT2D eigenvalue weighted by Crippen LogP contribution is 2.55. The summed E-state index contributed by atoms with van der Waals surface area (Å²) in [5, 5.41) is 3.05. The van der Waals surface area contributed by atoms with Gasteiger partial charge >= 0.3 is 0 Å². The molecule has 1 aliphatic carbocycles. The Hall–Kier alpha value is -1.84. The second-order valence-electron chi connectivity index (χ2n) is 6.49. The lowest BCUT2D eigenvalue weighted by molar-refractivity contribution is -0.160. The number of hydrogen-bond donors (Lipinski definition) is 1. The van der Waals surface area contributed by atoms with Gasteiger partial charge in [-0.15, -0.1) is 0 Å². The highest BCUT2D eigenvalue weighted by molar-refractivity contribution is 6.02. The van der Waals surface area contributed by atoms with Crippen molar-refractivity contribution in [2.45, 2.75) is 44.2 Å². The van der Waals surface area contributed by atoms with Crippen LogP contribution < -0.4 is 10.1 Å². The molecule has 4 rings (SSSR count). The van der Waals surface area contributed by atoms with E-state index in [0.717, 1.165) is 37.0 Å². The van der Waals surface area contributed by atoms with Gasteiger partial charge in [-0.3, -0.25) is 9.59 Å². The molecule has 3 aliphatic rings. The lowest BCUT2D eigenvalue weighted by Crippen LogP contribution is -2.69. The fourth-order valence-electron chi connectivity index (χ4n) is 4.51. The van der Waals surface area contributed by atoms with Gasteiger partial charge in [0.25, 0.3) is 0 Å². The summed E-state index contributed by atoms with van der Waals surface area (Å²) in [5.41, 5.74) is 0.426. The predicted molar refractivity (Wildman–Crippen MR) is 76.8 cm³/mol. The molecule has 2 heterocycles. The second-order valence-corrected chi connectivity index (χ2v) is 6.49. The Morgan fingerprint density at radius 1 is 1.33 bits per heavy atom. The zero-order chi connectivity index (χ0) is 14.6. The van der Waals surface area contributed by atoms with Crippen LogP contribution in [0.25, 0.3) is 0 Å². The van der Waals surface area contributed by atoms with Crippen LogP contribution in [0.1, 0.15) is 44.1 Å². The first-order valence-corrected chi connectivity index (χ1v) is 7.73. The summed E-state index contributed by atoms with van der Waals surface area (Å²) in [5.74, 6) is 0.195. The third kappa shape index (κ3) is 1.68. The Morgan fingerprint density at radius 3 is 2.95 bits per heavy atom. The molecule has 1 saturated carbocycles. The van der Waals surface area contributed by atoms with E-state index < -0.39 is 11.6 Å².